The quantitative estimate of drug-likeness (QED) is 0.465. The lowest BCUT2D eigenvalue weighted by molar-refractivity contribution is -0.116. The zero-order valence-electron chi connectivity index (χ0n) is 17.2. The highest BCUT2D eigenvalue weighted by atomic mass is 32.2. The molecule has 0 aliphatic rings. The summed E-state index contributed by atoms with van der Waals surface area (Å²) in [6.45, 7) is 4.15. The molecule has 2 heterocycles. The first kappa shape index (κ1) is 20.7. The Hall–Kier alpha value is -3.52. The molecule has 0 fully saturated rings. The molecule has 156 valence electrons. The molecule has 4 rings (SSSR count). The van der Waals surface area contributed by atoms with Crippen LogP contribution in [0.2, 0.25) is 0 Å². The lowest BCUT2D eigenvalue weighted by Crippen LogP contribution is -2.23. The molecule has 2 aromatic carbocycles. The largest absolute Gasteiger partial charge is 0.326 e. The summed E-state index contributed by atoms with van der Waals surface area (Å²) in [7, 11) is 0. The summed E-state index contributed by atoms with van der Waals surface area (Å²) in [5, 5.41) is 4.11. The van der Waals surface area contributed by atoms with E-state index in [2.05, 4.69) is 20.3 Å². The number of aryl methyl sites for hydroxylation is 3. The zero-order valence-corrected chi connectivity index (χ0v) is 18.0. The minimum atomic E-state index is -0.168. The van der Waals surface area contributed by atoms with Crippen LogP contribution < -0.4 is 10.9 Å². The summed E-state index contributed by atoms with van der Waals surface area (Å²) in [4.78, 5) is 39.0. The van der Waals surface area contributed by atoms with Gasteiger partial charge in [0.1, 0.15) is 0 Å². The van der Waals surface area contributed by atoms with E-state index in [0.717, 1.165) is 16.3 Å². The minimum absolute atomic E-state index is 0.145. The van der Waals surface area contributed by atoms with Crippen molar-refractivity contribution in [3.63, 3.8) is 0 Å². The molecule has 0 atom stereocenters. The van der Waals surface area contributed by atoms with E-state index >= 15 is 0 Å². The van der Waals surface area contributed by atoms with Gasteiger partial charge in [0.2, 0.25) is 5.91 Å². The number of fused-ring (bicyclic) bond motifs is 1. The first-order valence-corrected chi connectivity index (χ1v) is 10.6. The molecular formula is C23H21N5O2S. The van der Waals surface area contributed by atoms with Crippen LogP contribution in [0.4, 0.5) is 5.69 Å². The van der Waals surface area contributed by atoms with E-state index in [1.807, 2.05) is 50.2 Å². The van der Waals surface area contributed by atoms with Crippen LogP contribution in [0.3, 0.4) is 0 Å². The van der Waals surface area contributed by atoms with Crippen molar-refractivity contribution in [2.45, 2.75) is 36.9 Å². The average molecular weight is 432 g/mol. The Morgan fingerprint density at radius 3 is 2.48 bits per heavy atom. The van der Waals surface area contributed by atoms with Gasteiger partial charge in [0, 0.05) is 34.9 Å². The van der Waals surface area contributed by atoms with Crippen molar-refractivity contribution in [1.82, 2.24) is 19.5 Å². The highest BCUT2D eigenvalue weighted by Gasteiger charge is 2.08. The van der Waals surface area contributed by atoms with E-state index in [1.165, 1.54) is 22.7 Å². The Morgan fingerprint density at radius 2 is 1.74 bits per heavy atom. The lowest BCUT2D eigenvalue weighted by atomic mass is 10.2. The van der Waals surface area contributed by atoms with Gasteiger partial charge in [0.05, 0.1) is 17.2 Å². The van der Waals surface area contributed by atoms with Crippen LogP contribution in [-0.4, -0.2) is 25.4 Å². The van der Waals surface area contributed by atoms with Gasteiger partial charge >= 0.3 is 0 Å². The maximum atomic E-state index is 12.5. The molecule has 0 radical (unpaired) electrons. The molecule has 1 amide bonds. The summed E-state index contributed by atoms with van der Waals surface area (Å²) >= 11 is 1.47. The van der Waals surface area contributed by atoms with Crippen LogP contribution in [0.15, 0.2) is 75.8 Å². The molecule has 0 bridgehead atoms. The normalized spacial score (nSPS) is 10.9. The molecule has 8 heteroatoms. The zero-order chi connectivity index (χ0) is 21.8. The van der Waals surface area contributed by atoms with Gasteiger partial charge in [-0.15, -0.1) is 0 Å². The first-order chi connectivity index (χ1) is 15.0. The van der Waals surface area contributed by atoms with Gasteiger partial charge < -0.3 is 5.32 Å². The molecule has 31 heavy (non-hydrogen) atoms. The third-order valence-electron chi connectivity index (χ3n) is 4.62. The standard InChI is InChI=1S/C23H21N5O2S/c1-15-13-16(2)26-23(25-15)31-18-9-7-17(8-10-18)27-21(29)11-12-28-14-24-20-6-4-3-5-19(20)22(28)30/h3-10,13-14H,11-12H2,1-2H3,(H,27,29). The van der Waals surface area contributed by atoms with Gasteiger partial charge in [0.25, 0.3) is 5.56 Å². The number of hydrogen-bond acceptors (Lipinski definition) is 6. The maximum Gasteiger partial charge on any atom is 0.261 e. The summed E-state index contributed by atoms with van der Waals surface area (Å²) in [6.07, 6.45) is 1.66. The van der Waals surface area contributed by atoms with Crippen LogP contribution in [0.5, 0.6) is 0 Å². The fourth-order valence-electron chi connectivity index (χ4n) is 3.16. The SMILES string of the molecule is Cc1cc(C)nc(Sc2ccc(NC(=O)CCn3cnc4ccccc4c3=O)cc2)n1. The summed E-state index contributed by atoms with van der Waals surface area (Å²) < 4.78 is 1.46. The number of nitrogens with zero attached hydrogens (tertiary/aromatic N) is 4. The Balaban J connectivity index is 1.36. The molecule has 0 aliphatic carbocycles. The van der Waals surface area contributed by atoms with Gasteiger partial charge in [-0.05, 0) is 68.1 Å². The molecular weight excluding hydrogens is 410 g/mol. The fourth-order valence-corrected chi connectivity index (χ4v) is 4.02. The van der Waals surface area contributed by atoms with Crippen LogP contribution in [0.1, 0.15) is 17.8 Å². The topological polar surface area (TPSA) is 89.8 Å². The van der Waals surface area contributed by atoms with E-state index in [9.17, 15) is 9.59 Å². The van der Waals surface area contributed by atoms with Gasteiger partial charge in [0.15, 0.2) is 5.16 Å². The molecule has 0 aliphatic heterocycles. The second-order valence-corrected chi connectivity index (χ2v) is 8.16. The molecule has 7 nitrogen and oxygen atoms in total. The number of para-hydroxylation sites is 1. The molecule has 0 saturated carbocycles. The molecule has 0 saturated heterocycles. The molecule has 4 aromatic rings. The molecule has 0 unspecified atom stereocenters. The smallest absolute Gasteiger partial charge is 0.261 e. The van der Waals surface area contributed by atoms with Crippen LogP contribution >= 0.6 is 11.8 Å². The monoisotopic (exact) mass is 431 g/mol. The van der Waals surface area contributed by atoms with Crippen LogP contribution in [0, 0.1) is 13.8 Å². The molecule has 1 N–H and O–H groups in total. The number of rotatable bonds is 6. The Labute approximate surface area is 183 Å². The molecule has 2 aromatic heterocycles. The number of benzene rings is 2. The summed E-state index contributed by atoms with van der Waals surface area (Å²) in [6, 6.07) is 16.6. The number of carbonyl (C=O) groups is 1. The predicted molar refractivity (Wildman–Crippen MR) is 121 cm³/mol. The van der Waals surface area contributed by atoms with Crippen molar-refractivity contribution in [3.8, 4) is 0 Å². The van der Waals surface area contributed by atoms with Crippen LogP contribution in [0.25, 0.3) is 10.9 Å². The fraction of sp³-hybridized carbons (Fsp3) is 0.174. The summed E-state index contributed by atoms with van der Waals surface area (Å²) in [5.74, 6) is -0.168. The maximum absolute atomic E-state index is 12.5. The van der Waals surface area contributed by atoms with Crippen molar-refractivity contribution in [3.05, 3.63) is 82.7 Å². The Kier molecular flexibility index (Phi) is 6.08. The number of anilines is 1. The summed E-state index contributed by atoms with van der Waals surface area (Å²) in [5.41, 5.74) is 3.06. The molecule has 0 spiro atoms. The van der Waals surface area contributed by atoms with E-state index in [1.54, 1.807) is 18.2 Å². The second kappa shape index (κ2) is 9.09. The van der Waals surface area contributed by atoms with Crippen molar-refractivity contribution < 1.29 is 4.79 Å². The number of amides is 1. The minimum Gasteiger partial charge on any atom is -0.326 e. The second-order valence-electron chi connectivity index (χ2n) is 7.12. The van der Waals surface area contributed by atoms with E-state index in [-0.39, 0.29) is 24.4 Å². The van der Waals surface area contributed by atoms with Gasteiger partial charge in [-0.2, -0.15) is 0 Å². The lowest BCUT2D eigenvalue weighted by Gasteiger charge is -2.08. The van der Waals surface area contributed by atoms with Crippen molar-refractivity contribution in [1.29, 1.82) is 0 Å². The third-order valence-corrected chi connectivity index (χ3v) is 5.49. The van der Waals surface area contributed by atoms with Crippen molar-refractivity contribution in [2.75, 3.05) is 5.32 Å². The van der Waals surface area contributed by atoms with Crippen molar-refractivity contribution >= 4 is 34.3 Å². The Morgan fingerprint density at radius 1 is 1.03 bits per heavy atom. The van der Waals surface area contributed by atoms with Gasteiger partial charge in [-0.3, -0.25) is 14.2 Å². The highest BCUT2D eigenvalue weighted by Crippen LogP contribution is 2.26. The van der Waals surface area contributed by atoms with Gasteiger partial charge in [-0.25, -0.2) is 15.0 Å². The van der Waals surface area contributed by atoms with Crippen LogP contribution in [-0.2, 0) is 11.3 Å². The van der Waals surface area contributed by atoms with E-state index < -0.39 is 0 Å². The first-order valence-electron chi connectivity index (χ1n) is 9.82. The number of hydrogen-bond donors (Lipinski definition) is 1. The third kappa shape index (κ3) is 5.16. The number of carbonyl (C=O) groups excluding carboxylic acids is 1. The highest BCUT2D eigenvalue weighted by molar-refractivity contribution is 7.99. The van der Waals surface area contributed by atoms with Crippen molar-refractivity contribution in [2.24, 2.45) is 0 Å². The predicted octanol–water partition coefficient (Wildman–Crippen LogP) is 3.98. The average Bonchev–Trinajstić information content (AvgIpc) is 2.74. The van der Waals surface area contributed by atoms with Gasteiger partial charge in [-0.1, -0.05) is 12.1 Å². The van der Waals surface area contributed by atoms with E-state index in [4.69, 9.17) is 0 Å². The Bertz CT molecular complexity index is 1280. The number of nitrogens with one attached hydrogen (secondary N) is 1. The number of aromatic nitrogens is 4. The van der Waals surface area contributed by atoms with E-state index in [0.29, 0.717) is 21.7 Å².